The first kappa shape index (κ1) is 20.5. The summed E-state index contributed by atoms with van der Waals surface area (Å²) < 4.78 is 23.0. The number of hydrogen-bond donors (Lipinski definition) is 1. The SMILES string of the molecule is O=C(COc1cccc2ccc(N3CCC4(CC3)OCCO4)nc12)NCC1CCCO1. The summed E-state index contributed by atoms with van der Waals surface area (Å²) in [6, 6.07) is 9.87. The van der Waals surface area contributed by atoms with Crippen LogP contribution in [0, 0.1) is 0 Å². The van der Waals surface area contributed by atoms with Gasteiger partial charge in [0.25, 0.3) is 5.91 Å². The van der Waals surface area contributed by atoms with E-state index in [-0.39, 0.29) is 18.6 Å². The summed E-state index contributed by atoms with van der Waals surface area (Å²) >= 11 is 0. The van der Waals surface area contributed by atoms with E-state index in [4.69, 9.17) is 23.9 Å². The number of pyridine rings is 1. The summed E-state index contributed by atoms with van der Waals surface area (Å²) in [5.74, 6) is 0.960. The predicted molar refractivity (Wildman–Crippen MR) is 115 cm³/mol. The van der Waals surface area contributed by atoms with Gasteiger partial charge < -0.3 is 29.2 Å². The van der Waals surface area contributed by atoms with Crippen molar-refractivity contribution in [3.8, 4) is 5.75 Å². The van der Waals surface area contributed by atoms with Gasteiger partial charge >= 0.3 is 0 Å². The molecule has 1 spiro atoms. The van der Waals surface area contributed by atoms with Crippen LogP contribution in [0.1, 0.15) is 25.7 Å². The lowest BCUT2D eigenvalue weighted by Crippen LogP contribution is -2.45. The highest BCUT2D eigenvalue weighted by atomic mass is 16.7. The van der Waals surface area contributed by atoms with Gasteiger partial charge in [0.05, 0.1) is 19.3 Å². The van der Waals surface area contributed by atoms with Crippen LogP contribution in [0.25, 0.3) is 10.9 Å². The topological polar surface area (TPSA) is 82.2 Å². The average molecular weight is 428 g/mol. The highest BCUT2D eigenvalue weighted by Crippen LogP contribution is 2.34. The van der Waals surface area contributed by atoms with Gasteiger partial charge in [0, 0.05) is 44.5 Å². The molecule has 0 radical (unpaired) electrons. The van der Waals surface area contributed by atoms with E-state index in [9.17, 15) is 4.79 Å². The van der Waals surface area contributed by atoms with E-state index < -0.39 is 5.79 Å². The summed E-state index contributed by atoms with van der Waals surface area (Å²) in [6.45, 7) is 4.27. The van der Waals surface area contributed by atoms with Gasteiger partial charge in [0.15, 0.2) is 12.4 Å². The minimum Gasteiger partial charge on any atom is -0.481 e. The lowest BCUT2D eigenvalue weighted by atomic mass is 10.0. The summed E-state index contributed by atoms with van der Waals surface area (Å²) in [5, 5.41) is 3.87. The number of rotatable bonds is 6. The van der Waals surface area contributed by atoms with Crippen LogP contribution in [-0.2, 0) is 19.0 Å². The number of anilines is 1. The Bertz CT molecular complexity index is 915. The standard InChI is InChI=1S/C23H29N3O5/c27-21(24-15-18-4-2-12-28-18)16-29-19-5-1-3-17-6-7-20(25-22(17)19)26-10-8-23(9-11-26)30-13-14-31-23/h1,3,5-7,18H,2,4,8-16H2,(H,24,27). The number of ether oxygens (including phenoxy) is 4. The minimum atomic E-state index is -0.404. The van der Waals surface area contributed by atoms with Gasteiger partial charge in [-0.15, -0.1) is 0 Å². The summed E-state index contributed by atoms with van der Waals surface area (Å²) in [5.41, 5.74) is 0.764. The molecule has 3 aliphatic rings. The molecule has 1 amide bonds. The second kappa shape index (κ2) is 8.98. The Kier molecular flexibility index (Phi) is 5.93. The third-order valence-corrected chi connectivity index (χ3v) is 6.24. The average Bonchev–Trinajstić information content (AvgIpc) is 3.49. The van der Waals surface area contributed by atoms with E-state index in [0.717, 1.165) is 62.1 Å². The molecule has 31 heavy (non-hydrogen) atoms. The molecule has 166 valence electrons. The molecule has 3 saturated heterocycles. The molecule has 8 heteroatoms. The van der Waals surface area contributed by atoms with Gasteiger partial charge in [0.2, 0.25) is 0 Å². The molecule has 5 rings (SSSR count). The normalized spacial score (nSPS) is 22.8. The summed E-state index contributed by atoms with van der Waals surface area (Å²) in [4.78, 5) is 19.3. The number of carbonyl (C=O) groups excluding carboxylic acids is 1. The fourth-order valence-corrected chi connectivity index (χ4v) is 4.49. The predicted octanol–water partition coefficient (Wildman–Crippen LogP) is 2.25. The fourth-order valence-electron chi connectivity index (χ4n) is 4.49. The molecule has 2 aromatic rings. The Labute approximate surface area is 181 Å². The number of nitrogens with one attached hydrogen (secondary N) is 1. The number of benzene rings is 1. The van der Waals surface area contributed by atoms with E-state index in [0.29, 0.717) is 25.5 Å². The number of amides is 1. The second-order valence-corrected chi connectivity index (χ2v) is 8.32. The van der Waals surface area contributed by atoms with Crippen molar-refractivity contribution in [2.75, 3.05) is 51.0 Å². The van der Waals surface area contributed by atoms with Crippen molar-refractivity contribution >= 4 is 22.6 Å². The molecule has 0 bridgehead atoms. The van der Waals surface area contributed by atoms with E-state index >= 15 is 0 Å². The van der Waals surface area contributed by atoms with Crippen LogP contribution in [0.15, 0.2) is 30.3 Å². The van der Waals surface area contributed by atoms with Gasteiger partial charge in [-0.25, -0.2) is 4.98 Å². The van der Waals surface area contributed by atoms with Gasteiger partial charge in [-0.1, -0.05) is 12.1 Å². The Balaban J connectivity index is 1.23. The zero-order valence-electron chi connectivity index (χ0n) is 17.7. The van der Waals surface area contributed by atoms with Crippen molar-refractivity contribution in [2.45, 2.75) is 37.6 Å². The van der Waals surface area contributed by atoms with Crippen LogP contribution in [0.5, 0.6) is 5.75 Å². The van der Waals surface area contributed by atoms with Crippen molar-refractivity contribution in [1.29, 1.82) is 0 Å². The summed E-state index contributed by atoms with van der Waals surface area (Å²) in [6.07, 6.45) is 3.83. The third kappa shape index (κ3) is 4.61. The maximum atomic E-state index is 12.2. The molecule has 0 saturated carbocycles. The molecule has 3 fully saturated rings. The maximum Gasteiger partial charge on any atom is 0.258 e. The van der Waals surface area contributed by atoms with Crippen molar-refractivity contribution in [1.82, 2.24) is 10.3 Å². The van der Waals surface area contributed by atoms with Gasteiger partial charge in [0.1, 0.15) is 17.1 Å². The highest BCUT2D eigenvalue weighted by Gasteiger charge is 2.40. The quantitative estimate of drug-likeness (QED) is 0.757. The second-order valence-electron chi connectivity index (χ2n) is 8.32. The molecule has 1 aromatic heterocycles. The maximum absolute atomic E-state index is 12.2. The Morgan fingerprint density at radius 2 is 2.00 bits per heavy atom. The molecule has 3 aliphatic heterocycles. The van der Waals surface area contributed by atoms with Crippen molar-refractivity contribution < 1.29 is 23.7 Å². The fraction of sp³-hybridized carbons (Fsp3) is 0.565. The van der Waals surface area contributed by atoms with Gasteiger partial charge in [-0.3, -0.25) is 4.79 Å². The zero-order chi connectivity index (χ0) is 21.1. The third-order valence-electron chi connectivity index (χ3n) is 6.24. The van der Waals surface area contributed by atoms with E-state index in [2.05, 4.69) is 16.3 Å². The van der Waals surface area contributed by atoms with Crippen molar-refractivity contribution in [2.24, 2.45) is 0 Å². The Hall–Kier alpha value is -2.42. The minimum absolute atomic E-state index is 0.0430. The molecular formula is C23H29N3O5. The smallest absolute Gasteiger partial charge is 0.258 e. The Morgan fingerprint density at radius 3 is 2.77 bits per heavy atom. The van der Waals surface area contributed by atoms with E-state index in [1.807, 2.05) is 24.3 Å². The molecular weight excluding hydrogens is 398 g/mol. The van der Waals surface area contributed by atoms with Crippen LogP contribution < -0.4 is 15.0 Å². The van der Waals surface area contributed by atoms with Gasteiger partial charge in [-0.2, -0.15) is 0 Å². The van der Waals surface area contributed by atoms with Crippen molar-refractivity contribution in [3.05, 3.63) is 30.3 Å². The molecule has 1 N–H and O–H groups in total. The number of carbonyl (C=O) groups is 1. The van der Waals surface area contributed by atoms with Crippen LogP contribution in [0.3, 0.4) is 0 Å². The van der Waals surface area contributed by atoms with Crippen LogP contribution in [0.4, 0.5) is 5.82 Å². The molecule has 1 unspecified atom stereocenters. The molecule has 4 heterocycles. The number of piperidine rings is 1. The number of aromatic nitrogens is 1. The van der Waals surface area contributed by atoms with E-state index in [1.165, 1.54) is 0 Å². The molecule has 0 aliphatic carbocycles. The van der Waals surface area contributed by atoms with Crippen molar-refractivity contribution in [3.63, 3.8) is 0 Å². The largest absolute Gasteiger partial charge is 0.481 e. The first-order valence-electron chi connectivity index (χ1n) is 11.1. The number of fused-ring (bicyclic) bond motifs is 1. The lowest BCUT2D eigenvalue weighted by molar-refractivity contribution is -0.169. The molecule has 1 aromatic carbocycles. The Morgan fingerprint density at radius 1 is 1.16 bits per heavy atom. The first-order chi connectivity index (χ1) is 15.2. The van der Waals surface area contributed by atoms with E-state index in [1.54, 1.807) is 0 Å². The van der Waals surface area contributed by atoms with Gasteiger partial charge in [-0.05, 0) is 31.0 Å². The number of para-hydroxylation sites is 1. The lowest BCUT2D eigenvalue weighted by Gasteiger charge is -2.38. The molecule has 1 atom stereocenters. The zero-order valence-corrected chi connectivity index (χ0v) is 17.7. The van der Waals surface area contributed by atoms with Crippen LogP contribution in [-0.4, -0.2) is 68.8 Å². The number of hydrogen-bond acceptors (Lipinski definition) is 7. The summed E-state index contributed by atoms with van der Waals surface area (Å²) in [7, 11) is 0. The molecule has 8 nitrogen and oxygen atoms in total. The van der Waals surface area contributed by atoms with Crippen LogP contribution >= 0.6 is 0 Å². The highest BCUT2D eigenvalue weighted by molar-refractivity contribution is 5.86. The number of nitrogens with zero attached hydrogens (tertiary/aromatic N) is 2. The monoisotopic (exact) mass is 427 g/mol. The first-order valence-corrected chi connectivity index (χ1v) is 11.1. The van der Waals surface area contributed by atoms with Crippen LogP contribution in [0.2, 0.25) is 0 Å².